The minimum absolute atomic E-state index is 0.0101. The fourth-order valence-electron chi connectivity index (χ4n) is 4.66. The van der Waals surface area contributed by atoms with Crippen LogP contribution in [0.4, 0.5) is 0 Å². The van der Waals surface area contributed by atoms with Crippen LogP contribution in [0.5, 0.6) is 0 Å². The molecule has 1 aromatic carbocycles. The summed E-state index contributed by atoms with van der Waals surface area (Å²) in [4.78, 5) is 15.0. The van der Waals surface area contributed by atoms with Crippen LogP contribution in [0.2, 0.25) is 0 Å². The van der Waals surface area contributed by atoms with E-state index in [0.29, 0.717) is 12.3 Å². The summed E-state index contributed by atoms with van der Waals surface area (Å²) in [7, 11) is -2.87. The van der Waals surface area contributed by atoms with Gasteiger partial charge in [-0.25, -0.2) is 13.1 Å². The summed E-state index contributed by atoms with van der Waals surface area (Å²) < 4.78 is 25.4. The molecule has 2 saturated heterocycles. The number of benzene rings is 1. The molecule has 30 heavy (non-hydrogen) atoms. The highest BCUT2D eigenvalue weighted by Gasteiger charge is 2.35. The number of carbonyl (C=O) groups excluding carboxylic acids is 1. The van der Waals surface area contributed by atoms with Crippen LogP contribution in [0, 0.1) is 19.8 Å². The van der Waals surface area contributed by atoms with E-state index in [2.05, 4.69) is 15.3 Å². The zero-order valence-corrected chi connectivity index (χ0v) is 18.5. The number of nitrogens with one attached hydrogen (secondary N) is 1. The number of para-hydroxylation sites is 1. The van der Waals surface area contributed by atoms with Gasteiger partial charge in [0.1, 0.15) is 0 Å². The molecule has 1 atom stereocenters. The zero-order chi connectivity index (χ0) is 21.3. The molecule has 162 valence electrons. The summed E-state index contributed by atoms with van der Waals surface area (Å²) >= 11 is 0. The topological polar surface area (TPSA) is 84.3 Å². The van der Waals surface area contributed by atoms with Crippen molar-refractivity contribution in [2.24, 2.45) is 5.92 Å². The highest BCUT2D eigenvalue weighted by atomic mass is 32.2. The summed E-state index contributed by atoms with van der Waals surface area (Å²) in [6.45, 7) is 6.07. The molecule has 2 fully saturated rings. The Kier molecular flexibility index (Phi) is 5.97. The van der Waals surface area contributed by atoms with Crippen molar-refractivity contribution in [1.82, 2.24) is 20.0 Å². The second kappa shape index (κ2) is 8.51. The molecular weight excluding hydrogens is 400 g/mol. The van der Waals surface area contributed by atoms with Crippen molar-refractivity contribution in [3.63, 3.8) is 0 Å². The second-order valence-electron chi connectivity index (χ2n) is 8.48. The number of hydrogen-bond donors (Lipinski definition) is 1. The maximum absolute atomic E-state index is 12.7. The number of nitrogens with zero attached hydrogens (tertiary/aromatic N) is 3. The van der Waals surface area contributed by atoms with Crippen molar-refractivity contribution in [3.8, 4) is 5.69 Å². The van der Waals surface area contributed by atoms with E-state index in [4.69, 9.17) is 0 Å². The van der Waals surface area contributed by atoms with Crippen LogP contribution in [-0.2, 0) is 21.2 Å². The lowest BCUT2D eigenvalue weighted by molar-refractivity contribution is -0.126. The van der Waals surface area contributed by atoms with Gasteiger partial charge in [0.2, 0.25) is 5.91 Å². The second-order valence-corrected chi connectivity index (χ2v) is 10.7. The fourth-order valence-corrected chi connectivity index (χ4v) is 6.42. The van der Waals surface area contributed by atoms with Crippen LogP contribution in [-0.4, -0.2) is 59.6 Å². The van der Waals surface area contributed by atoms with E-state index >= 15 is 0 Å². The molecule has 0 radical (unpaired) electrons. The Balaban J connectivity index is 1.32. The highest BCUT2D eigenvalue weighted by Crippen LogP contribution is 2.25. The third-order valence-electron chi connectivity index (χ3n) is 6.51. The molecule has 0 saturated carbocycles. The SMILES string of the molecule is Cc1nn(-c2ccccc2)c(C)c1CNC(=O)C1CCN(C2CCS(=O)(=O)C2)CC1. The van der Waals surface area contributed by atoms with E-state index in [9.17, 15) is 13.2 Å². The Labute approximate surface area is 178 Å². The number of aromatic nitrogens is 2. The Morgan fingerprint density at radius 3 is 2.47 bits per heavy atom. The molecule has 1 N–H and O–H groups in total. The van der Waals surface area contributed by atoms with Gasteiger partial charge >= 0.3 is 0 Å². The molecule has 1 aromatic heterocycles. The molecule has 2 aliphatic heterocycles. The Hall–Kier alpha value is -2.19. The van der Waals surface area contributed by atoms with E-state index in [1.54, 1.807) is 0 Å². The van der Waals surface area contributed by atoms with Gasteiger partial charge in [0.15, 0.2) is 9.84 Å². The van der Waals surface area contributed by atoms with Crippen LogP contribution >= 0.6 is 0 Å². The molecule has 2 aromatic rings. The van der Waals surface area contributed by atoms with Gasteiger partial charge in [-0.1, -0.05) is 18.2 Å². The molecule has 8 heteroatoms. The monoisotopic (exact) mass is 430 g/mol. The molecular formula is C22H30N4O3S. The van der Waals surface area contributed by atoms with E-state index < -0.39 is 9.84 Å². The first kappa shape index (κ1) is 21.1. The number of rotatable bonds is 5. The van der Waals surface area contributed by atoms with Gasteiger partial charge in [0.05, 0.1) is 22.9 Å². The van der Waals surface area contributed by atoms with E-state index in [1.165, 1.54) is 0 Å². The average Bonchev–Trinajstić information content (AvgIpc) is 3.25. The molecule has 1 amide bonds. The maximum atomic E-state index is 12.7. The van der Waals surface area contributed by atoms with Crippen molar-refractivity contribution in [2.75, 3.05) is 24.6 Å². The van der Waals surface area contributed by atoms with Gasteiger partial charge < -0.3 is 5.32 Å². The molecule has 0 aliphatic carbocycles. The summed E-state index contributed by atoms with van der Waals surface area (Å²) in [6.07, 6.45) is 2.29. The summed E-state index contributed by atoms with van der Waals surface area (Å²) in [5.74, 6) is 0.644. The Morgan fingerprint density at radius 2 is 1.83 bits per heavy atom. The number of hydrogen-bond acceptors (Lipinski definition) is 5. The largest absolute Gasteiger partial charge is 0.352 e. The van der Waals surface area contributed by atoms with Gasteiger partial charge in [-0.2, -0.15) is 5.10 Å². The Morgan fingerprint density at radius 1 is 1.13 bits per heavy atom. The van der Waals surface area contributed by atoms with Gasteiger partial charge in [-0.3, -0.25) is 9.69 Å². The quantitative estimate of drug-likeness (QED) is 0.784. The van der Waals surface area contributed by atoms with E-state index in [1.807, 2.05) is 48.9 Å². The summed E-state index contributed by atoms with van der Waals surface area (Å²) in [6, 6.07) is 10.1. The molecule has 0 bridgehead atoms. The average molecular weight is 431 g/mol. The van der Waals surface area contributed by atoms with E-state index in [-0.39, 0.29) is 23.6 Å². The number of likely N-dealkylation sites (tertiary alicyclic amines) is 1. The number of piperidine rings is 1. The predicted octanol–water partition coefficient (Wildman–Crippen LogP) is 2.00. The summed E-state index contributed by atoms with van der Waals surface area (Å²) in [5.41, 5.74) is 4.03. The minimum atomic E-state index is -2.87. The van der Waals surface area contributed by atoms with Crippen LogP contribution < -0.4 is 5.32 Å². The van der Waals surface area contributed by atoms with Crippen molar-refractivity contribution in [3.05, 3.63) is 47.3 Å². The van der Waals surface area contributed by atoms with Crippen LogP contribution in [0.1, 0.15) is 36.2 Å². The fraction of sp³-hybridized carbons (Fsp3) is 0.545. The molecule has 0 spiro atoms. The van der Waals surface area contributed by atoms with Crippen molar-refractivity contribution >= 4 is 15.7 Å². The third kappa shape index (κ3) is 4.44. The normalized spacial score (nSPS) is 22.3. The number of carbonyl (C=O) groups is 1. The third-order valence-corrected chi connectivity index (χ3v) is 8.26. The van der Waals surface area contributed by atoms with Crippen molar-refractivity contribution in [2.45, 2.75) is 45.7 Å². The smallest absolute Gasteiger partial charge is 0.223 e. The molecule has 3 heterocycles. The molecule has 1 unspecified atom stereocenters. The lowest BCUT2D eigenvalue weighted by Crippen LogP contribution is -2.45. The maximum Gasteiger partial charge on any atom is 0.223 e. The molecule has 4 rings (SSSR count). The van der Waals surface area contributed by atoms with Crippen LogP contribution in [0.3, 0.4) is 0 Å². The molecule has 2 aliphatic rings. The first-order chi connectivity index (χ1) is 14.3. The number of aryl methyl sites for hydroxylation is 1. The minimum Gasteiger partial charge on any atom is -0.352 e. The first-order valence-corrected chi connectivity index (χ1v) is 12.5. The number of sulfone groups is 1. The van der Waals surface area contributed by atoms with Crippen molar-refractivity contribution < 1.29 is 13.2 Å². The van der Waals surface area contributed by atoms with Crippen molar-refractivity contribution in [1.29, 1.82) is 0 Å². The lowest BCUT2D eigenvalue weighted by atomic mass is 9.94. The van der Waals surface area contributed by atoms with Gasteiger partial charge in [-0.05, 0) is 58.3 Å². The lowest BCUT2D eigenvalue weighted by Gasteiger charge is -2.34. The standard InChI is InChI=1S/C22H30N4O3S/c1-16-21(17(2)26(24-16)19-6-4-3-5-7-19)14-23-22(27)18-8-11-25(12-9-18)20-10-13-30(28,29)15-20/h3-7,18,20H,8-15H2,1-2H3,(H,23,27). The molecule has 7 nitrogen and oxygen atoms in total. The Bertz CT molecular complexity index is 1010. The van der Waals surface area contributed by atoms with E-state index in [0.717, 1.165) is 55.0 Å². The highest BCUT2D eigenvalue weighted by molar-refractivity contribution is 7.91. The van der Waals surface area contributed by atoms with Gasteiger partial charge in [0, 0.05) is 29.8 Å². The zero-order valence-electron chi connectivity index (χ0n) is 17.7. The van der Waals surface area contributed by atoms with Gasteiger partial charge in [0.25, 0.3) is 0 Å². The predicted molar refractivity (Wildman–Crippen MR) is 116 cm³/mol. The number of amides is 1. The van der Waals surface area contributed by atoms with Gasteiger partial charge in [-0.15, -0.1) is 0 Å². The summed E-state index contributed by atoms with van der Waals surface area (Å²) in [5, 5.41) is 7.75. The van der Waals surface area contributed by atoms with Crippen LogP contribution in [0.25, 0.3) is 5.69 Å². The first-order valence-electron chi connectivity index (χ1n) is 10.7. The van der Waals surface area contributed by atoms with Crippen LogP contribution in [0.15, 0.2) is 30.3 Å².